The molecule has 0 saturated heterocycles. The van der Waals surface area contributed by atoms with E-state index < -0.39 is 0 Å². The molecule has 0 radical (unpaired) electrons. The minimum atomic E-state index is -0.378. The minimum absolute atomic E-state index is 0.0134. The molecular formula is C10H18N4O2. The Balaban J connectivity index is 2.85. The first kappa shape index (κ1) is 12.6. The van der Waals surface area contributed by atoms with Crippen LogP contribution in [0.1, 0.15) is 32.6 Å². The first-order valence-corrected chi connectivity index (χ1v) is 5.43. The zero-order chi connectivity index (χ0) is 12.1. The van der Waals surface area contributed by atoms with Gasteiger partial charge in [-0.05, 0) is 20.8 Å². The predicted molar refractivity (Wildman–Crippen MR) is 58.6 cm³/mol. The Labute approximate surface area is 94.9 Å². The van der Waals surface area contributed by atoms with Crippen molar-refractivity contribution in [3.05, 3.63) is 12.2 Å². The molecule has 0 saturated carbocycles. The van der Waals surface area contributed by atoms with Crippen molar-refractivity contribution in [2.45, 2.75) is 33.4 Å². The number of amides is 1. The molecule has 0 aliphatic carbocycles. The van der Waals surface area contributed by atoms with E-state index in [-0.39, 0.29) is 18.6 Å². The highest BCUT2D eigenvalue weighted by Gasteiger charge is 2.21. The SMILES string of the molecule is CCN(CC)C(=O)C(C)n1cnnc1CO. The Kier molecular flexibility index (Phi) is 4.42. The molecule has 1 unspecified atom stereocenters. The van der Waals surface area contributed by atoms with Gasteiger partial charge in [-0.1, -0.05) is 0 Å². The molecule has 1 heterocycles. The molecule has 1 amide bonds. The van der Waals surface area contributed by atoms with Crippen molar-refractivity contribution in [3.63, 3.8) is 0 Å². The molecule has 1 rings (SSSR count). The summed E-state index contributed by atoms with van der Waals surface area (Å²) >= 11 is 0. The number of nitrogens with zero attached hydrogens (tertiary/aromatic N) is 4. The molecule has 90 valence electrons. The van der Waals surface area contributed by atoms with Crippen molar-refractivity contribution in [1.82, 2.24) is 19.7 Å². The normalized spacial score (nSPS) is 12.5. The van der Waals surface area contributed by atoms with Gasteiger partial charge in [-0.25, -0.2) is 0 Å². The van der Waals surface area contributed by atoms with Gasteiger partial charge >= 0.3 is 0 Å². The zero-order valence-corrected chi connectivity index (χ0v) is 9.92. The lowest BCUT2D eigenvalue weighted by Gasteiger charge is -2.23. The second-order valence-corrected chi connectivity index (χ2v) is 3.50. The number of aliphatic hydroxyl groups is 1. The number of carbonyl (C=O) groups is 1. The Morgan fingerprint density at radius 2 is 2.19 bits per heavy atom. The van der Waals surface area contributed by atoms with Crippen LogP contribution in [0.3, 0.4) is 0 Å². The lowest BCUT2D eigenvalue weighted by molar-refractivity contribution is -0.134. The van der Waals surface area contributed by atoms with Crippen LogP contribution in [0, 0.1) is 0 Å². The van der Waals surface area contributed by atoms with E-state index in [0.29, 0.717) is 18.9 Å². The number of aromatic nitrogens is 3. The third-order valence-corrected chi connectivity index (χ3v) is 2.64. The number of rotatable bonds is 5. The van der Waals surface area contributed by atoms with Gasteiger partial charge in [0.05, 0.1) is 0 Å². The minimum Gasteiger partial charge on any atom is -0.388 e. The summed E-state index contributed by atoms with van der Waals surface area (Å²) in [5.41, 5.74) is 0. The number of hydrogen-bond donors (Lipinski definition) is 1. The van der Waals surface area contributed by atoms with Gasteiger partial charge < -0.3 is 14.6 Å². The van der Waals surface area contributed by atoms with Crippen molar-refractivity contribution in [2.24, 2.45) is 0 Å². The van der Waals surface area contributed by atoms with Crippen LogP contribution in [0.4, 0.5) is 0 Å². The van der Waals surface area contributed by atoms with E-state index in [1.54, 1.807) is 16.4 Å². The van der Waals surface area contributed by atoms with E-state index in [2.05, 4.69) is 10.2 Å². The summed E-state index contributed by atoms with van der Waals surface area (Å²) in [5.74, 6) is 0.424. The van der Waals surface area contributed by atoms with Gasteiger partial charge in [0.15, 0.2) is 5.82 Å². The average molecular weight is 226 g/mol. The Morgan fingerprint density at radius 3 is 2.69 bits per heavy atom. The van der Waals surface area contributed by atoms with Gasteiger partial charge in [0.2, 0.25) is 5.91 Å². The van der Waals surface area contributed by atoms with Gasteiger partial charge in [-0.2, -0.15) is 0 Å². The molecule has 1 aromatic rings. The van der Waals surface area contributed by atoms with Crippen LogP contribution in [0.2, 0.25) is 0 Å². The monoisotopic (exact) mass is 226 g/mol. The summed E-state index contributed by atoms with van der Waals surface area (Å²) in [6.45, 7) is 6.80. The quantitative estimate of drug-likeness (QED) is 0.778. The van der Waals surface area contributed by atoms with Gasteiger partial charge in [-0.15, -0.1) is 10.2 Å². The highest BCUT2D eigenvalue weighted by molar-refractivity contribution is 5.80. The molecule has 0 fully saturated rings. The van der Waals surface area contributed by atoms with E-state index in [0.717, 1.165) is 0 Å². The van der Waals surface area contributed by atoms with Crippen molar-refractivity contribution in [3.8, 4) is 0 Å². The molecule has 16 heavy (non-hydrogen) atoms. The molecule has 0 bridgehead atoms. The largest absolute Gasteiger partial charge is 0.388 e. The molecule has 1 atom stereocenters. The maximum atomic E-state index is 12.0. The van der Waals surface area contributed by atoms with E-state index in [4.69, 9.17) is 5.11 Å². The molecule has 1 N–H and O–H groups in total. The van der Waals surface area contributed by atoms with Crippen LogP contribution in [0.25, 0.3) is 0 Å². The van der Waals surface area contributed by atoms with Gasteiger partial charge in [0, 0.05) is 13.1 Å². The molecular weight excluding hydrogens is 208 g/mol. The smallest absolute Gasteiger partial charge is 0.245 e. The summed E-state index contributed by atoms with van der Waals surface area (Å²) in [6, 6.07) is -0.378. The predicted octanol–water partition coefficient (Wildman–Crippen LogP) is 0.200. The fraction of sp³-hybridized carbons (Fsp3) is 0.700. The van der Waals surface area contributed by atoms with Crippen LogP contribution in [-0.4, -0.2) is 43.8 Å². The summed E-state index contributed by atoms with van der Waals surface area (Å²) in [4.78, 5) is 13.8. The van der Waals surface area contributed by atoms with Crippen molar-refractivity contribution >= 4 is 5.91 Å². The zero-order valence-electron chi connectivity index (χ0n) is 9.92. The highest BCUT2D eigenvalue weighted by Crippen LogP contribution is 2.11. The van der Waals surface area contributed by atoms with Gasteiger partial charge in [-0.3, -0.25) is 4.79 Å². The number of hydrogen-bond acceptors (Lipinski definition) is 4. The van der Waals surface area contributed by atoms with E-state index in [9.17, 15) is 4.79 Å². The maximum Gasteiger partial charge on any atom is 0.245 e. The molecule has 6 heteroatoms. The third kappa shape index (κ3) is 2.38. The Bertz CT molecular complexity index is 346. The van der Waals surface area contributed by atoms with Gasteiger partial charge in [0.25, 0.3) is 0 Å². The Morgan fingerprint density at radius 1 is 1.56 bits per heavy atom. The summed E-state index contributed by atoms with van der Waals surface area (Å²) in [5, 5.41) is 16.5. The van der Waals surface area contributed by atoms with Crippen molar-refractivity contribution in [1.29, 1.82) is 0 Å². The summed E-state index contributed by atoms with van der Waals surface area (Å²) in [6.07, 6.45) is 1.47. The average Bonchev–Trinajstić information content (AvgIpc) is 2.77. The number of likely N-dealkylation sites (N-methyl/N-ethyl adjacent to an activating group) is 1. The molecule has 0 aliphatic heterocycles. The molecule has 0 aromatic carbocycles. The summed E-state index contributed by atoms with van der Waals surface area (Å²) in [7, 11) is 0. The standard InChI is InChI=1S/C10H18N4O2/c1-4-13(5-2)10(16)8(3)14-7-11-12-9(14)6-15/h7-8,15H,4-6H2,1-3H3. The van der Waals surface area contributed by atoms with Crippen molar-refractivity contribution < 1.29 is 9.90 Å². The van der Waals surface area contributed by atoms with E-state index in [1.165, 1.54) is 6.33 Å². The van der Waals surface area contributed by atoms with E-state index >= 15 is 0 Å². The van der Waals surface area contributed by atoms with Crippen LogP contribution in [0.15, 0.2) is 6.33 Å². The first-order chi connectivity index (χ1) is 7.65. The van der Waals surface area contributed by atoms with Crippen LogP contribution in [0.5, 0.6) is 0 Å². The second-order valence-electron chi connectivity index (χ2n) is 3.50. The van der Waals surface area contributed by atoms with Crippen molar-refractivity contribution in [2.75, 3.05) is 13.1 Å². The molecule has 0 aliphatic rings. The third-order valence-electron chi connectivity index (χ3n) is 2.64. The lowest BCUT2D eigenvalue weighted by Crippen LogP contribution is -2.36. The van der Waals surface area contributed by atoms with Crippen LogP contribution in [-0.2, 0) is 11.4 Å². The van der Waals surface area contributed by atoms with E-state index in [1.807, 2.05) is 13.8 Å². The Hall–Kier alpha value is -1.43. The number of aliphatic hydroxyl groups excluding tert-OH is 1. The fourth-order valence-electron chi connectivity index (χ4n) is 1.62. The fourth-order valence-corrected chi connectivity index (χ4v) is 1.62. The van der Waals surface area contributed by atoms with Crippen LogP contribution >= 0.6 is 0 Å². The second kappa shape index (κ2) is 5.60. The highest BCUT2D eigenvalue weighted by atomic mass is 16.3. The topological polar surface area (TPSA) is 71.2 Å². The maximum absolute atomic E-state index is 12.0. The first-order valence-electron chi connectivity index (χ1n) is 5.43. The molecule has 0 spiro atoms. The van der Waals surface area contributed by atoms with Gasteiger partial charge in [0.1, 0.15) is 19.0 Å². The summed E-state index contributed by atoms with van der Waals surface area (Å²) < 4.78 is 1.60. The number of carbonyl (C=O) groups excluding carboxylic acids is 1. The molecule has 6 nitrogen and oxygen atoms in total. The lowest BCUT2D eigenvalue weighted by atomic mass is 10.2. The molecule has 1 aromatic heterocycles. The van der Waals surface area contributed by atoms with Crippen LogP contribution < -0.4 is 0 Å².